The van der Waals surface area contributed by atoms with Gasteiger partial charge in [-0.15, -0.1) is 11.3 Å². The molecule has 0 bridgehead atoms. The van der Waals surface area contributed by atoms with Crippen molar-refractivity contribution in [3.05, 3.63) is 16.6 Å². The van der Waals surface area contributed by atoms with Gasteiger partial charge in [0.15, 0.2) is 0 Å². The van der Waals surface area contributed by atoms with E-state index in [4.69, 9.17) is 9.47 Å². The van der Waals surface area contributed by atoms with Crippen molar-refractivity contribution in [3.8, 4) is 0 Å². The number of thiazole rings is 1. The summed E-state index contributed by atoms with van der Waals surface area (Å²) in [7, 11) is 0. The lowest BCUT2D eigenvalue weighted by atomic mass is 9.84. The maximum absolute atomic E-state index is 6.16. The highest BCUT2D eigenvalue weighted by Gasteiger charge is 2.41. The maximum Gasteiger partial charge on any atom is 0.107 e. The zero-order valence-electron chi connectivity index (χ0n) is 13.0. The highest BCUT2D eigenvalue weighted by molar-refractivity contribution is 7.09. The molecule has 0 radical (unpaired) electrons. The molecular weight excluding hydrogens is 298 g/mol. The minimum atomic E-state index is 0.405. The molecule has 3 fully saturated rings. The number of ether oxygens (including phenoxy) is 2. The van der Waals surface area contributed by atoms with Crippen LogP contribution in [0, 0.1) is 11.8 Å². The van der Waals surface area contributed by atoms with Gasteiger partial charge in [-0.2, -0.15) is 0 Å². The number of morpholine rings is 1. The Morgan fingerprint density at radius 2 is 2.14 bits per heavy atom. The van der Waals surface area contributed by atoms with Gasteiger partial charge in [0.25, 0.3) is 0 Å². The lowest BCUT2D eigenvalue weighted by Crippen LogP contribution is -2.47. The second-order valence-electron chi connectivity index (χ2n) is 6.66. The molecule has 4 rings (SSSR count). The van der Waals surface area contributed by atoms with E-state index in [0.717, 1.165) is 51.9 Å². The molecular formula is C16H25N3O2S. The molecule has 5 nitrogen and oxygen atoms in total. The van der Waals surface area contributed by atoms with Gasteiger partial charge in [-0.3, -0.25) is 9.80 Å². The van der Waals surface area contributed by atoms with E-state index in [-0.39, 0.29) is 0 Å². The molecule has 0 aromatic carbocycles. The van der Waals surface area contributed by atoms with Crippen molar-refractivity contribution in [2.75, 3.05) is 52.5 Å². The second-order valence-corrected chi connectivity index (χ2v) is 7.64. The van der Waals surface area contributed by atoms with E-state index < -0.39 is 0 Å². The molecule has 0 unspecified atom stereocenters. The molecule has 0 amide bonds. The summed E-state index contributed by atoms with van der Waals surface area (Å²) in [6, 6.07) is 0. The van der Waals surface area contributed by atoms with Crippen molar-refractivity contribution >= 4 is 11.3 Å². The Hall–Kier alpha value is -0.530. The summed E-state index contributed by atoms with van der Waals surface area (Å²) in [5.41, 5.74) is 0. The minimum absolute atomic E-state index is 0.405. The first kappa shape index (κ1) is 15.0. The van der Waals surface area contributed by atoms with E-state index in [1.54, 1.807) is 11.3 Å². The fraction of sp³-hybridized carbons (Fsp3) is 0.812. The number of rotatable bonds is 4. The third-order valence-electron chi connectivity index (χ3n) is 5.28. The first-order chi connectivity index (χ1) is 10.9. The quantitative estimate of drug-likeness (QED) is 0.835. The molecule has 0 aliphatic carbocycles. The number of nitrogens with zero attached hydrogens (tertiary/aromatic N) is 3. The van der Waals surface area contributed by atoms with Crippen molar-refractivity contribution < 1.29 is 9.47 Å². The predicted octanol–water partition coefficient (Wildman–Crippen LogP) is 1.31. The summed E-state index contributed by atoms with van der Waals surface area (Å²) in [6.45, 7) is 9.26. The highest BCUT2D eigenvalue weighted by Crippen LogP contribution is 2.35. The molecule has 4 heterocycles. The Balaban J connectivity index is 1.34. The smallest absolute Gasteiger partial charge is 0.107 e. The van der Waals surface area contributed by atoms with E-state index >= 15 is 0 Å². The lowest BCUT2D eigenvalue weighted by molar-refractivity contribution is -0.00494. The average Bonchev–Trinajstić information content (AvgIpc) is 3.19. The molecule has 122 valence electrons. The molecule has 22 heavy (non-hydrogen) atoms. The van der Waals surface area contributed by atoms with Crippen LogP contribution < -0.4 is 0 Å². The van der Waals surface area contributed by atoms with Gasteiger partial charge >= 0.3 is 0 Å². The summed E-state index contributed by atoms with van der Waals surface area (Å²) < 4.78 is 11.6. The average molecular weight is 323 g/mol. The molecule has 0 saturated carbocycles. The summed E-state index contributed by atoms with van der Waals surface area (Å²) in [5.74, 6) is 1.45. The standard InChI is InChI=1S/C16H25N3O2S/c1-3-19(11-16-17-2-8-22-16)9-14-13(1)12-21-15(14)10-18-4-6-20-7-5-18/h2,8,13-15H,1,3-7,9-12H2/t13-,14-,15+/m1/s1. The predicted molar refractivity (Wildman–Crippen MR) is 86.0 cm³/mol. The molecule has 3 atom stereocenters. The van der Waals surface area contributed by atoms with E-state index in [9.17, 15) is 0 Å². The van der Waals surface area contributed by atoms with Crippen molar-refractivity contribution in [1.29, 1.82) is 0 Å². The lowest BCUT2D eigenvalue weighted by Gasteiger charge is -2.37. The van der Waals surface area contributed by atoms with E-state index in [2.05, 4.69) is 20.2 Å². The Bertz CT molecular complexity index is 464. The van der Waals surface area contributed by atoms with Crippen LogP contribution >= 0.6 is 11.3 Å². The molecule has 0 spiro atoms. The van der Waals surface area contributed by atoms with Crippen LogP contribution in [0.2, 0.25) is 0 Å². The zero-order chi connectivity index (χ0) is 14.8. The Kier molecular flexibility index (Phi) is 4.73. The maximum atomic E-state index is 6.16. The number of likely N-dealkylation sites (tertiary alicyclic amines) is 1. The number of aromatic nitrogens is 1. The molecule has 1 aromatic rings. The summed E-state index contributed by atoms with van der Waals surface area (Å²) in [4.78, 5) is 9.51. The van der Waals surface area contributed by atoms with Crippen LogP contribution in [-0.2, 0) is 16.0 Å². The molecule has 6 heteroatoms. The van der Waals surface area contributed by atoms with Gasteiger partial charge in [-0.05, 0) is 18.9 Å². The van der Waals surface area contributed by atoms with Crippen LogP contribution in [0.1, 0.15) is 11.4 Å². The van der Waals surface area contributed by atoms with Gasteiger partial charge in [0.1, 0.15) is 5.01 Å². The van der Waals surface area contributed by atoms with Crippen LogP contribution in [-0.4, -0.2) is 73.4 Å². The third-order valence-corrected chi connectivity index (χ3v) is 6.04. The van der Waals surface area contributed by atoms with Crippen LogP contribution in [0.25, 0.3) is 0 Å². The monoisotopic (exact) mass is 323 g/mol. The summed E-state index contributed by atoms with van der Waals surface area (Å²) in [5, 5.41) is 3.31. The molecule has 3 aliphatic rings. The van der Waals surface area contributed by atoms with Gasteiger partial charge < -0.3 is 9.47 Å². The normalized spacial score (nSPS) is 33.9. The third kappa shape index (κ3) is 3.36. The number of piperidine rings is 1. The number of hydrogen-bond acceptors (Lipinski definition) is 6. The minimum Gasteiger partial charge on any atom is -0.379 e. The van der Waals surface area contributed by atoms with E-state index in [1.807, 2.05) is 6.20 Å². The van der Waals surface area contributed by atoms with Gasteiger partial charge in [-0.25, -0.2) is 4.98 Å². The SMILES string of the molecule is c1csc(CN2CC[C@@H]3CO[C@@H](CN4CCOCC4)[C@@H]3C2)n1. The van der Waals surface area contributed by atoms with Crippen LogP contribution in [0.15, 0.2) is 11.6 Å². The Labute approximate surface area is 136 Å². The van der Waals surface area contributed by atoms with Crippen molar-refractivity contribution in [1.82, 2.24) is 14.8 Å². The highest BCUT2D eigenvalue weighted by atomic mass is 32.1. The zero-order valence-corrected chi connectivity index (χ0v) is 13.8. The molecule has 3 aliphatic heterocycles. The van der Waals surface area contributed by atoms with Crippen LogP contribution in [0.5, 0.6) is 0 Å². The van der Waals surface area contributed by atoms with Crippen molar-refractivity contribution in [2.45, 2.75) is 19.1 Å². The van der Waals surface area contributed by atoms with Gasteiger partial charge in [0.2, 0.25) is 0 Å². The Morgan fingerprint density at radius 1 is 1.23 bits per heavy atom. The topological polar surface area (TPSA) is 37.8 Å². The first-order valence-corrected chi connectivity index (χ1v) is 9.29. The number of hydrogen-bond donors (Lipinski definition) is 0. The van der Waals surface area contributed by atoms with E-state index in [1.165, 1.54) is 24.5 Å². The van der Waals surface area contributed by atoms with Crippen molar-refractivity contribution in [2.24, 2.45) is 11.8 Å². The molecule has 0 N–H and O–H groups in total. The fourth-order valence-electron chi connectivity index (χ4n) is 3.99. The largest absolute Gasteiger partial charge is 0.379 e. The Morgan fingerprint density at radius 3 is 2.95 bits per heavy atom. The van der Waals surface area contributed by atoms with Crippen LogP contribution in [0.3, 0.4) is 0 Å². The first-order valence-electron chi connectivity index (χ1n) is 8.41. The van der Waals surface area contributed by atoms with Crippen LogP contribution in [0.4, 0.5) is 0 Å². The van der Waals surface area contributed by atoms with Gasteiger partial charge in [-0.1, -0.05) is 0 Å². The van der Waals surface area contributed by atoms with Gasteiger partial charge in [0, 0.05) is 43.7 Å². The molecule has 3 saturated heterocycles. The van der Waals surface area contributed by atoms with Crippen molar-refractivity contribution in [3.63, 3.8) is 0 Å². The summed E-state index contributed by atoms with van der Waals surface area (Å²) in [6.07, 6.45) is 3.59. The number of fused-ring (bicyclic) bond motifs is 1. The second kappa shape index (κ2) is 6.93. The fourth-order valence-corrected chi connectivity index (χ4v) is 4.65. The van der Waals surface area contributed by atoms with Gasteiger partial charge in [0.05, 0.1) is 32.5 Å². The van der Waals surface area contributed by atoms with E-state index in [0.29, 0.717) is 12.0 Å². The molecule has 1 aromatic heterocycles. The summed E-state index contributed by atoms with van der Waals surface area (Å²) >= 11 is 1.76.